The molecule has 1 aromatic rings. The third-order valence-corrected chi connectivity index (χ3v) is 5.25. The molecule has 116 valence electrons. The molecular formula is C14H19ClN2O3S. The van der Waals surface area contributed by atoms with Crippen molar-refractivity contribution >= 4 is 27.5 Å². The minimum absolute atomic E-state index is 0.0632. The number of likely N-dealkylation sites (tertiary alicyclic amines) is 1. The Kier molecular flexibility index (Phi) is 5.24. The number of carbonyl (C=O) groups excluding carboxylic acids is 1. The number of hydrogen-bond acceptors (Lipinski definition) is 3. The second-order valence-corrected chi connectivity index (χ2v) is 7.34. The first-order valence-electron chi connectivity index (χ1n) is 6.97. The quantitative estimate of drug-likeness (QED) is 0.918. The van der Waals surface area contributed by atoms with Crippen LogP contribution < -0.4 is 4.72 Å². The molecule has 0 unspecified atom stereocenters. The van der Waals surface area contributed by atoms with Crippen LogP contribution in [0.4, 0.5) is 0 Å². The molecule has 0 saturated carbocycles. The lowest BCUT2D eigenvalue weighted by atomic mass is 10.1. The third kappa shape index (κ3) is 4.18. The Morgan fingerprint density at radius 3 is 2.57 bits per heavy atom. The van der Waals surface area contributed by atoms with E-state index in [4.69, 9.17) is 11.6 Å². The van der Waals surface area contributed by atoms with Gasteiger partial charge >= 0.3 is 0 Å². The molecule has 0 radical (unpaired) electrons. The number of carbonyl (C=O) groups is 1. The van der Waals surface area contributed by atoms with Crippen molar-refractivity contribution in [3.8, 4) is 0 Å². The van der Waals surface area contributed by atoms with E-state index in [0.717, 1.165) is 19.3 Å². The number of amides is 1. The Balaban J connectivity index is 2.07. The van der Waals surface area contributed by atoms with Crippen molar-refractivity contribution < 1.29 is 13.2 Å². The van der Waals surface area contributed by atoms with Crippen molar-refractivity contribution in [2.75, 3.05) is 13.1 Å². The summed E-state index contributed by atoms with van der Waals surface area (Å²) >= 11 is 5.80. The van der Waals surface area contributed by atoms with Gasteiger partial charge in [0.25, 0.3) is 0 Å². The van der Waals surface area contributed by atoms with E-state index in [1.165, 1.54) is 12.1 Å². The number of rotatable bonds is 4. The number of halogens is 1. The van der Waals surface area contributed by atoms with Gasteiger partial charge in [-0.05, 0) is 44.4 Å². The Bertz CT molecular complexity index is 612. The molecule has 0 spiro atoms. The van der Waals surface area contributed by atoms with Crippen LogP contribution >= 0.6 is 11.6 Å². The lowest BCUT2D eigenvalue weighted by Crippen LogP contribution is -2.48. The Hall–Kier alpha value is -1.11. The van der Waals surface area contributed by atoms with E-state index in [1.807, 2.05) is 0 Å². The molecule has 1 atom stereocenters. The Morgan fingerprint density at radius 2 is 1.95 bits per heavy atom. The predicted molar refractivity (Wildman–Crippen MR) is 81.7 cm³/mol. The maximum Gasteiger partial charge on any atom is 0.241 e. The zero-order valence-electron chi connectivity index (χ0n) is 11.9. The highest BCUT2D eigenvalue weighted by molar-refractivity contribution is 7.89. The second-order valence-electron chi connectivity index (χ2n) is 5.19. The number of piperidine rings is 1. The summed E-state index contributed by atoms with van der Waals surface area (Å²) in [7, 11) is -3.75. The molecule has 1 fully saturated rings. The molecule has 0 aromatic heterocycles. The van der Waals surface area contributed by atoms with E-state index < -0.39 is 16.1 Å². The fourth-order valence-electron chi connectivity index (χ4n) is 2.37. The average Bonchev–Trinajstić information content (AvgIpc) is 2.47. The van der Waals surface area contributed by atoms with E-state index in [2.05, 4.69) is 4.72 Å². The van der Waals surface area contributed by atoms with Crippen LogP contribution in [0.5, 0.6) is 0 Å². The summed E-state index contributed by atoms with van der Waals surface area (Å²) in [5.74, 6) is -0.180. The fourth-order valence-corrected chi connectivity index (χ4v) is 3.87. The molecule has 1 amide bonds. The van der Waals surface area contributed by atoms with Gasteiger partial charge in [0.1, 0.15) is 0 Å². The van der Waals surface area contributed by atoms with Crippen molar-refractivity contribution in [1.29, 1.82) is 0 Å². The minimum atomic E-state index is -3.75. The molecule has 5 nitrogen and oxygen atoms in total. The first-order valence-corrected chi connectivity index (χ1v) is 8.83. The standard InChI is InChI=1S/C14H19ClN2O3S/c1-11(14(18)17-8-3-2-4-9-17)16-21(19,20)13-7-5-6-12(15)10-13/h5-7,10-11,16H,2-4,8-9H2,1H3/t11-/m0/s1. The summed E-state index contributed by atoms with van der Waals surface area (Å²) in [6.45, 7) is 2.96. The smallest absolute Gasteiger partial charge is 0.241 e. The van der Waals surface area contributed by atoms with Crippen molar-refractivity contribution in [1.82, 2.24) is 9.62 Å². The monoisotopic (exact) mass is 330 g/mol. The van der Waals surface area contributed by atoms with Gasteiger partial charge in [-0.15, -0.1) is 0 Å². The minimum Gasteiger partial charge on any atom is -0.341 e. The topological polar surface area (TPSA) is 66.5 Å². The van der Waals surface area contributed by atoms with Crippen LogP contribution in [0.3, 0.4) is 0 Å². The highest BCUT2D eigenvalue weighted by Gasteiger charge is 2.26. The summed E-state index contributed by atoms with van der Waals surface area (Å²) in [5, 5.41) is 0.341. The van der Waals surface area contributed by atoms with Gasteiger partial charge in [0.2, 0.25) is 15.9 Å². The van der Waals surface area contributed by atoms with Crippen LogP contribution in [0.25, 0.3) is 0 Å². The summed E-state index contributed by atoms with van der Waals surface area (Å²) in [5.41, 5.74) is 0. The van der Waals surface area contributed by atoms with Gasteiger partial charge < -0.3 is 4.90 Å². The van der Waals surface area contributed by atoms with Crippen molar-refractivity contribution in [3.05, 3.63) is 29.3 Å². The third-order valence-electron chi connectivity index (χ3n) is 3.48. The van der Waals surface area contributed by atoms with Crippen LogP contribution in [0.2, 0.25) is 5.02 Å². The second kappa shape index (κ2) is 6.77. The molecule has 1 aliphatic heterocycles. The van der Waals surface area contributed by atoms with Gasteiger partial charge in [-0.3, -0.25) is 4.79 Å². The molecule has 2 rings (SSSR count). The molecule has 7 heteroatoms. The molecule has 1 heterocycles. The molecule has 0 aliphatic carbocycles. The van der Waals surface area contributed by atoms with Gasteiger partial charge in [-0.25, -0.2) is 8.42 Å². The zero-order valence-corrected chi connectivity index (χ0v) is 13.5. The number of nitrogens with zero attached hydrogens (tertiary/aromatic N) is 1. The maximum absolute atomic E-state index is 12.2. The molecular weight excluding hydrogens is 312 g/mol. The van der Waals surface area contributed by atoms with Crippen LogP contribution in [0.15, 0.2) is 29.2 Å². The van der Waals surface area contributed by atoms with E-state index in [1.54, 1.807) is 24.0 Å². The van der Waals surface area contributed by atoms with Crippen molar-refractivity contribution in [2.24, 2.45) is 0 Å². The van der Waals surface area contributed by atoms with Crippen molar-refractivity contribution in [3.63, 3.8) is 0 Å². The van der Waals surface area contributed by atoms with Gasteiger partial charge in [-0.1, -0.05) is 17.7 Å². The van der Waals surface area contributed by atoms with E-state index >= 15 is 0 Å². The summed E-state index contributed by atoms with van der Waals surface area (Å²) in [6.07, 6.45) is 3.06. The highest BCUT2D eigenvalue weighted by atomic mass is 35.5. The Morgan fingerprint density at radius 1 is 1.29 bits per heavy atom. The molecule has 0 bridgehead atoms. The SMILES string of the molecule is C[C@H](NS(=O)(=O)c1cccc(Cl)c1)C(=O)N1CCCCC1. The van der Waals surface area contributed by atoms with Crippen LogP contribution in [-0.2, 0) is 14.8 Å². The number of sulfonamides is 1. The van der Waals surface area contributed by atoms with Gasteiger partial charge in [0.15, 0.2) is 0 Å². The largest absolute Gasteiger partial charge is 0.341 e. The van der Waals surface area contributed by atoms with Gasteiger partial charge in [-0.2, -0.15) is 4.72 Å². The normalized spacial score (nSPS) is 17.5. The van der Waals surface area contributed by atoms with Crippen molar-refractivity contribution in [2.45, 2.75) is 37.1 Å². The molecule has 1 saturated heterocycles. The summed E-state index contributed by atoms with van der Waals surface area (Å²) in [6, 6.07) is 5.19. The van der Waals surface area contributed by atoms with E-state index in [0.29, 0.717) is 18.1 Å². The number of hydrogen-bond donors (Lipinski definition) is 1. The number of benzene rings is 1. The van der Waals surface area contributed by atoms with E-state index in [9.17, 15) is 13.2 Å². The van der Waals surface area contributed by atoms with Gasteiger partial charge in [0, 0.05) is 18.1 Å². The summed E-state index contributed by atoms with van der Waals surface area (Å²) < 4.78 is 26.9. The van der Waals surface area contributed by atoms with Crippen LogP contribution in [-0.4, -0.2) is 38.4 Å². The average molecular weight is 331 g/mol. The number of nitrogens with one attached hydrogen (secondary N) is 1. The molecule has 21 heavy (non-hydrogen) atoms. The molecule has 1 aromatic carbocycles. The Labute approximate surface area is 130 Å². The summed E-state index contributed by atoms with van der Waals surface area (Å²) in [4.78, 5) is 14.0. The predicted octanol–water partition coefficient (Wildman–Crippen LogP) is 2.02. The van der Waals surface area contributed by atoms with Gasteiger partial charge in [0.05, 0.1) is 10.9 Å². The lowest BCUT2D eigenvalue weighted by Gasteiger charge is -2.29. The van der Waals surface area contributed by atoms with E-state index in [-0.39, 0.29) is 10.8 Å². The first kappa shape index (κ1) is 16.3. The maximum atomic E-state index is 12.2. The molecule has 1 aliphatic rings. The lowest BCUT2D eigenvalue weighted by molar-refractivity contribution is -0.133. The zero-order chi connectivity index (χ0) is 15.5. The first-order chi connectivity index (χ1) is 9.90. The highest BCUT2D eigenvalue weighted by Crippen LogP contribution is 2.16. The molecule has 1 N–H and O–H groups in total. The van der Waals surface area contributed by atoms with Crippen LogP contribution in [0, 0.1) is 0 Å². The van der Waals surface area contributed by atoms with Crippen LogP contribution in [0.1, 0.15) is 26.2 Å². The fraction of sp³-hybridized carbons (Fsp3) is 0.500.